The van der Waals surface area contributed by atoms with E-state index >= 15 is 0 Å². The number of nitrogens with zero attached hydrogens (tertiary/aromatic N) is 3. The minimum absolute atomic E-state index is 0.671. The summed E-state index contributed by atoms with van der Waals surface area (Å²) in [5, 5.41) is 5.42. The molecule has 1 aliphatic rings. The van der Waals surface area contributed by atoms with Crippen LogP contribution < -0.4 is 10.4 Å². The number of hydrogen-bond donors (Lipinski definition) is 0. The van der Waals surface area contributed by atoms with Crippen molar-refractivity contribution in [2.75, 3.05) is 0 Å². The first-order valence-electron chi connectivity index (χ1n) is 16.8. The van der Waals surface area contributed by atoms with Gasteiger partial charge < -0.3 is 0 Å². The van der Waals surface area contributed by atoms with Crippen LogP contribution in [0.4, 0.5) is 0 Å². The van der Waals surface area contributed by atoms with Gasteiger partial charge in [0, 0.05) is 16.7 Å². The predicted octanol–water partition coefficient (Wildman–Crippen LogP) is 10.2. The molecule has 3 nitrogen and oxygen atoms in total. The van der Waals surface area contributed by atoms with Crippen LogP contribution >= 0.6 is 0 Å². The quantitative estimate of drug-likeness (QED) is 0.175. The molecule has 0 amide bonds. The van der Waals surface area contributed by atoms with Crippen molar-refractivity contribution >= 4 is 29.2 Å². The Morgan fingerprint density at radius 3 is 1.33 bits per heavy atom. The predicted molar refractivity (Wildman–Crippen MR) is 207 cm³/mol. The largest absolute Gasteiger partial charge is 0.208 e. The van der Waals surface area contributed by atoms with Crippen LogP contribution in [-0.4, -0.2) is 23.0 Å². The van der Waals surface area contributed by atoms with Gasteiger partial charge >= 0.3 is 0 Å². The SMILES string of the molecule is C[Si]1(C)c2cc3ccccc3cc2-c2cccc(-c3nc(-c4ccc(-c5ccccc5)cc4)nc(-c4ccc(-c5ccccc5)cc4)n3)c21. The molecule has 0 N–H and O–H groups in total. The molecule has 0 aliphatic carbocycles. The molecule has 0 fully saturated rings. The highest BCUT2D eigenvalue weighted by molar-refractivity contribution is 7.04. The maximum absolute atomic E-state index is 5.23. The molecule has 9 rings (SSSR count). The molecular weight excluding hydrogens is 611 g/mol. The van der Waals surface area contributed by atoms with Gasteiger partial charge in [-0.3, -0.25) is 0 Å². The van der Waals surface area contributed by atoms with Crippen LogP contribution in [0.5, 0.6) is 0 Å². The van der Waals surface area contributed by atoms with Crippen molar-refractivity contribution in [2.24, 2.45) is 0 Å². The third-order valence-corrected chi connectivity index (χ3v) is 13.5. The normalized spacial score (nSPS) is 12.9. The molecule has 1 aliphatic heterocycles. The number of fused-ring (bicyclic) bond motifs is 4. The van der Waals surface area contributed by atoms with Crippen molar-refractivity contribution in [3.63, 3.8) is 0 Å². The molecule has 0 bridgehead atoms. The highest BCUT2D eigenvalue weighted by Gasteiger charge is 2.40. The Hall–Kier alpha value is -5.97. The Labute approximate surface area is 287 Å². The monoisotopic (exact) mass is 643 g/mol. The number of aromatic nitrogens is 3. The van der Waals surface area contributed by atoms with E-state index in [0.29, 0.717) is 17.5 Å². The smallest absolute Gasteiger partial charge is 0.164 e. The first-order chi connectivity index (χ1) is 24.0. The zero-order chi connectivity index (χ0) is 33.0. The lowest BCUT2D eigenvalue weighted by atomic mass is 9.99. The van der Waals surface area contributed by atoms with Gasteiger partial charge in [-0.1, -0.05) is 171 Å². The molecule has 0 radical (unpaired) electrons. The first kappa shape index (κ1) is 29.2. The van der Waals surface area contributed by atoms with Gasteiger partial charge in [0.1, 0.15) is 8.07 Å². The maximum Gasteiger partial charge on any atom is 0.164 e. The van der Waals surface area contributed by atoms with E-state index in [-0.39, 0.29) is 0 Å². The molecule has 49 heavy (non-hydrogen) atoms. The van der Waals surface area contributed by atoms with Crippen LogP contribution in [0.15, 0.2) is 164 Å². The minimum atomic E-state index is -2.11. The van der Waals surface area contributed by atoms with E-state index in [1.807, 2.05) is 12.1 Å². The molecule has 1 aromatic heterocycles. The molecule has 0 saturated heterocycles. The van der Waals surface area contributed by atoms with Crippen LogP contribution in [0.25, 0.3) is 78.3 Å². The molecule has 0 spiro atoms. The number of hydrogen-bond acceptors (Lipinski definition) is 3. The molecule has 0 saturated carbocycles. The van der Waals surface area contributed by atoms with E-state index in [2.05, 4.69) is 165 Å². The molecular formula is C45H33N3Si. The highest BCUT2D eigenvalue weighted by Crippen LogP contribution is 2.36. The lowest BCUT2D eigenvalue weighted by molar-refractivity contribution is 1.08. The fourth-order valence-electron chi connectivity index (χ4n) is 7.39. The van der Waals surface area contributed by atoms with Gasteiger partial charge in [0.15, 0.2) is 17.5 Å². The van der Waals surface area contributed by atoms with Crippen molar-refractivity contribution in [1.82, 2.24) is 15.0 Å². The number of benzene rings is 7. The Bertz CT molecular complexity index is 2390. The van der Waals surface area contributed by atoms with E-state index in [1.54, 1.807) is 0 Å². The topological polar surface area (TPSA) is 38.7 Å². The summed E-state index contributed by atoms with van der Waals surface area (Å²) in [6.45, 7) is 4.92. The van der Waals surface area contributed by atoms with Crippen molar-refractivity contribution in [2.45, 2.75) is 13.1 Å². The van der Waals surface area contributed by atoms with Crippen LogP contribution in [-0.2, 0) is 0 Å². The van der Waals surface area contributed by atoms with E-state index in [4.69, 9.17) is 15.0 Å². The van der Waals surface area contributed by atoms with Crippen molar-refractivity contribution in [3.05, 3.63) is 164 Å². The molecule has 4 heteroatoms. The Morgan fingerprint density at radius 1 is 0.347 bits per heavy atom. The zero-order valence-electron chi connectivity index (χ0n) is 27.4. The summed E-state index contributed by atoms with van der Waals surface area (Å²) < 4.78 is 0. The van der Waals surface area contributed by atoms with Crippen LogP contribution in [0.2, 0.25) is 13.1 Å². The summed E-state index contributed by atoms with van der Waals surface area (Å²) in [5.41, 5.74) is 10.4. The van der Waals surface area contributed by atoms with E-state index in [0.717, 1.165) is 27.8 Å². The van der Waals surface area contributed by atoms with Gasteiger partial charge in [0.25, 0.3) is 0 Å². The third-order valence-electron chi connectivity index (χ3n) is 9.92. The number of rotatable bonds is 5. The lowest BCUT2D eigenvalue weighted by Crippen LogP contribution is -2.50. The Balaban J connectivity index is 1.21. The Kier molecular flexibility index (Phi) is 6.92. The average molecular weight is 644 g/mol. The molecule has 8 aromatic rings. The summed E-state index contributed by atoms with van der Waals surface area (Å²) in [5.74, 6) is 2.06. The van der Waals surface area contributed by atoms with Crippen LogP contribution in [0, 0.1) is 0 Å². The van der Waals surface area contributed by atoms with Crippen molar-refractivity contribution in [3.8, 4) is 67.5 Å². The third kappa shape index (κ3) is 5.09. The molecule has 0 unspecified atom stereocenters. The van der Waals surface area contributed by atoms with E-state index in [9.17, 15) is 0 Å². The second-order valence-corrected chi connectivity index (χ2v) is 17.6. The van der Waals surface area contributed by atoms with Gasteiger partial charge in [-0.15, -0.1) is 0 Å². The summed E-state index contributed by atoms with van der Waals surface area (Å²) in [6, 6.07) is 58.2. The second-order valence-electron chi connectivity index (χ2n) is 13.3. The summed E-state index contributed by atoms with van der Waals surface area (Å²) in [7, 11) is -2.11. The lowest BCUT2D eigenvalue weighted by Gasteiger charge is -2.22. The second kappa shape index (κ2) is 11.6. The summed E-state index contributed by atoms with van der Waals surface area (Å²) in [4.78, 5) is 15.6. The van der Waals surface area contributed by atoms with Gasteiger partial charge in [-0.2, -0.15) is 0 Å². The molecule has 232 valence electrons. The van der Waals surface area contributed by atoms with E-state index < -0.39 is 8.07 Å². The van der Waals surface area contributed by atoms with Crippen molar-refractivity contribution < 1.29 is 0 Å². The minimum Gasteiger partial charge on any atom is -0.208 e. The van der Waals surface area contributed by atoms with Crippen LogP contribution in [0.1, 0.15) is 0 Å². The zero-order valence-corrected chi connectivity index (χ0v) is 28.4. The summed E-state index contributed by atoms with van der Waals surface area (Å²) in [6.07, 6.45) is 0. The van der Waals surface area contributed by atoms with Crippen LogP contribution in [0.3, 0.4) is 0 Å². The van der Waals surface area contributed by atoms with Gasteiger partial charge in [-0.05, 0) is 60.6 Å². The van der Waals surface area contributed by atoms with Gasteiger partial charge in [0.2, 0.25) is 0 Å². The fourth-order valence-corrected chi connectivity index (χ4v) is 10.8. The molecule has 2 heterocycles. The van der Waals surface area contributed by atoms with Gasteiger partial charge in [0.05, 0.1) is 0 Å². The van der Waals surface area contributed by atoms with Crippen molar-refractivity contribution in [1.29, 1.82) is 0 Å². The molecule has 0 atom stereocenters. The standard InChI is InChI=1S/C45H33N3Si/c1-49(2)41-29-37-17-10-9-16-36(37)28-40(41)38-18-11-19-39(42(38)49)45-47-43(34-24-20-32(21-25-34)30-12-5-3-6-13-30)46-44(48-45)35-26-22-33(23-27-35)31-14-7-4-8-15-31/h3-29H,1-2H3. The highest BCUT2D eigenvalue weighted by atomic mass is 28.3. The van der Waals surface area contributed by atoms with E-state index in [1.165, 1.54) is 43.4 Å². The maximum atomic E-state index is 5.23. The first-order valence-corrected chi connectivity index (χ1v) is 19.8. The average Bonchev–Trinajstić information content (AvgIpc) is 3.39. The fraction of sp³-hybridized carbons (Fsp3) is 0.0444. The summed E-state index contributed by atoms with van der Waals surface area (Å²) >= 11 is 0. The Morgan fingerprint density at radius 2 is 0.776 bits per heavy atom. The molecule has 7 aromatic carbocycles. The van der Waals surface area contributed by atoms with Gasteiger partial charge in [-0.25, -0.2) is 15.0 Å².